The first-order chi connectivity index (χ1) is 10.5. The molecule has 0 aliphatic heterocycles. The summed E-state index contributed by atoms with van der Waals surface area (Å²) in [5, 5.41) is 0.988. The number of ether oxygens (including phenoxy) is 1. The van der Waals surface area contributed by atoms with Crippen LogP contribution in [-0.2, 0) is 11.2 Å². The number of hydrogen-bond acceptors (Lipinski definition) is 3. The first-order valence-electron chi connectivity index (χ1n) is 7.88. The van der Waals surface area contributed by atoms with Crippen molar-refractivity contribution in [2.24, 2.45) is 0 Å². The summed E-state index contributed by atoms with van der Waals surface area (Å²) in [5.41, 5.74) is 2.79. The highest BCUT2D eigenvalue weighted by molar-refractivity contribution is 6.05. The molecule has 0 unspecified atom stereocenters. The second-order valence-corrected chi connectivity index (χ2v) is 6.21. The zero-order valence-electron chi connectivity index (χ0n) is 14.1. The summed E-state index contributed by atoms with van der Waals surface area (Å²) >= 11 is 0. The van der Waals surface area contributed by atoms with Crippen LogP contribution in [0.25, 0.3) is 10.9 Å². The van der Waals surface area contributed by atoms with E-state index in [2.05, 4.69) is 37.6 Å². The van der Waals surface area contributed by atoms with Crippen LogP contribution in [0.2, 0.25) is 0 Å². The molecule has 2 rings (SSSR count). The maximum absolute atomic E-state index is 12.0. The Kier molecular flexibility index (Phi) is 5.24. The quantitative estimate of drug-likeness (QED) is 0.829. The van der Waals surface area contributed by atoms with E-state index in [4.69, 9.17) is 4.74 Å². The zero-order chi connectivity index (χ0) is 16.3. The highest BCUT2D eigenvalue weighted by atomic mass is 16.5. The molecule has 22 heavy (non-hydrogen) atoms. The van der Waals surface area contributed by atoms with Gasteiger partial charge in [-0.2, -0.15) is 0 Å². The number of carbonyl (C=O) groups excluding carboxylic acids is 1. The lowest BCUT2D eigenvalue weighted by Crippen LogP contribution is -2.38. The predicted molar refractivity (Wildman–Crippen MR) is 90.3 cm³/mol. The summed E-state index contributed by atoms with van der Waals surface area (Å²) in [4.78, 5) is 17.7. The highest BCUT2D eigenvalue weighted by Crippen LogP contribution is 2.24. The van der Waals surface area contributed by atoms with Crippen LogP contribution in [0.1, 0.15) is 43.6 Å². The Morgan fingerprint density at radius 2 is 1.91 bits per heavy atom. The monoisotopic (exact) mass is 302 g/mol. The lowest BCUT2D eigenvalue weighted by molar-refractivity contribution is 0.0603. The molecule has 120 valence electrons. The number of methoxy groups -OCH3 is 1. The van der Waals surface area contributed by atoms with E-state index in [1.165, 1.54) is 12.7 Å². The summed E-state index contributed by atoms with van der Waals surface area (Å²) in [6, 6.07) is 6.71. The number of H-pyrrole nitrogens is 1. The minimum Gasteiger partial charge on any atom is -0.465 e. The lowest BCUT2D eigenvalue weighted by atomic mass is 10.0. The van der Waals surface area contributed by atoms with Crippen LogP contribution in [0.15, 0.2) is 24.4 Å². The summed E-state index contributed by atoms with van der Waals surface area (Å²) in [5.74, 6) is -0.281. The van der Waals surface area contributed by atoms with E-state index in [0.29, 0.717) is 17.6 Å². The van der Waals surface area contributed by atoms with Crippen LogP contribution in [-0.4, -0.2) is 41.6 Å². The SMILES string of the molecule is COC(=O)c1cccc2[nH]cc(CCN(C(C)C)C(C)C)c12. The molecule has 2 aromatic rings. The molecule has 1 aromatic carbocycles. The van der Waals surface area contributed by atoms with E-state index in [9.17, 15) is 4.79 Å². The maximum Gasteiger partial charge on any atom is 0.338 e. The Morgan fingerprint density at radius 3 is 2.50 bits per heavy atom. The van der Waals surface area contributed by atoms with E-state index in [1.54, 1.807) is 0 Å². The Hall–Kier alpha value is -1.81. The Balaban J connectivity index is 2.30. The summed E-state index contributed by atoms with van der Waals surface area (Å²) in [6.07, 6.45) is 2.92. The molecule has 1 heterocycles. The molecule has 1 N–H and O–H groups in total. The number of nitrogens with zero attached hydrogens (tertiary/aromatic N) is 1. The Labute approximate surface area is 132 Å². The molecule has 0 amide bonds. The molecule has 0 fully saturated rings. The van der Waals surface area contributed by atoms with E-state index < -0.39 is 0 Å². The van der Waals surface area contributed by atoms with Gasteiger partial charge in [-0.1, -0.05) is 6.07 Å². The van der Waals surface area contributed by atoms with Gasteiger partial charge in [0.1, 0.15) is 0 Å². The van der Waals surface area contributed by atoms with E-state index >= 15 is 0 Å². The maximum atomic E-state index is 12.0. The summed E-state index contributed by atoms with van der Waals surface area (Å²) < 4.78 is 4.91. The van der Waals surface area contributed by atoms with Crippen molar-refractivity contribution >= 4 is 16.9 Å². The number of hydrogen-bond donors (Lipinski definition) is 1. The van der Waals surface area contributed by atoms with E-state index in [1.807, 2.05) is 24.4 Å². The third-order valence-corrected chi connectivity index (χ3v) is 4.16. The van der Waals surface area contributed by atoms with Crippen molar-refractivity contribution in [3.05, 3.63) is 35.5 Å². The van der Waals surface area contributed by atoms with Gasteiger partial charge >= 0.3 is 5.97 Å². The van der Waals surface area contributed by atoms with Gasteiger partial charge in [0.05, 0.1) is 12.7 Å². The molecule has 0 radical (unpaired) electrons. The normalized spacial score (nSPS) is 11.8. The van der Waals surface area contributed by atoms with Crippen LogP contribution in [0.3, 0.4) is 0 Å². The number of rotatable bonds is 6. The predicted octanol–water partition coefficient (Wildman–Crippen LogP) is 3.62. The van der Waals surface area contributed by atoms with Gasteiger partial charge in [0.15, 0.2) is 0 Å². The van der Waals surface area contributed by atoms with E-state index in [0.717, 1.165) is 23.9 Å². The number of benzene rings is 1. The highest BCUT2D eigenvalue weighted by Gasteiger charge is 2.17. The van der Waals surface area contributed by atoms with Crippen molar-refractivity contribution < 1.29 is 9.53 Å². The summed E-state index contributed by atoms with van der Waals surface area (Å²) in [6.45, 7) is 9.84. The molecule has 0 aliphatic rings. The van der Waals surface area contributed by atoms with Gasteiger partial charge in [0.2, 0.25) is 0 Å². The third kappa shape index (κ3) is 3.33. The number of aromatic amines is 1. The van der Waals surface area contributed by atoms with Gasteiger partial charge in [0, 0.05) is 35.7 Å². The fraction of sp³-hybridized carbons (Fsp3) is 0.500. The van der Waals surface area contributed by atoms with Gasteiger partial charge in [-0.05, 0) is 51.8 Å². The largest absolute Gasteiger partial charge is 0.465 e. The van der Waals surface area contributed by atoms with Gasteiger partial charge in [0.25, 0.3) is 0 Å². The van der Waals surface area contributed by atoms with Gasteiger partial charge in [-0.15, -0.1) is 0 Å². The number of aromatic nitrogens is 1. The minimum absolute atomic E-state index is 0.281. The van der Waals surface area contributed by atoms with Crippen molar-refractivity contribution in [1.82, 2.24) is 9.88 Å². The Morgan fingerprint density at radius 1 is 1.23 bits per heavy atom. The first-order valence-corrected chi connectivity index (χ1v) is 7.88. The number of fused-ring (bicyclic) bond motifs is 1. The number of carbonyl (C=O) groups is 1. The van der Waals surface area contributed by atoms with Gasteiger partial charge in [-0.25, -0.2) is 4.79 Å². The van der Waals surface area contributed by atoms with Gasteiger partial charge in [-0.3, -0.25) is 4.90 Å². The van der Waals surface area contributed by atoms with Crippen LogP contribution in [0.4, 0.5) is 0 Å². The van der Waals surface area contributed by atoms with Crippen molar-refractivity contribution in [1.29, 1.82) is 0 Å². The topological polar surface area (TPSA) is 45.3 Å². The standard InChI is InChI=1S/C18H26N2O2/c1-12(2)20(13(3)4)10-9-14-11-19-16-8-6-7-15(17(14)16)18(21)22-5/h6-8,11-13,19H,9-10H2,1-5H3. The van der Waals surface area contributed by atoms with Crippen molar-refractivity contribution in [2.75, 3.05) is 13.7 Å². The number of esters is 1. The second-order valence-electron chi connectivity index (χ2n) is 6.21. The molecular weight excluding hydrogens is 276 g/mol. The average Bonchev–Trinajstić information content (AvgIpc) is 2.89. The van der Waals surface area contributed by atoms with Crippen molar-refractivity contribution in [3.8, 4) is 0 Å². The second kappa shape index (κ2) is 6.97. The van der Waals surface area contributed by atoms with Crippen molar-refractivity contribution in [2.45, 2.75) is 46.2 Å². The Bertz CT molecular complexity index is 636. The molecule has 0 bridgehead atoms. The molecule has 1 aromatic heterocycles. The molecule has 0 saturated heterocycles. The average molecular weight is 302 g/mol. The fourth-order valence-corrected chi connectivity index (χ4v) is 3.10. The molecule has 0 spiro atoms. The van der Waals surface area contributed by atoms with E-state index in [-0.39, 0.29) is 5.97 Å². The van der Waals surface area contributed by atoms with Crippen molar-refractivity contribution in [3.63, 3.8) is 0 Å². The molecule has 0 saturated carbocycles. The molecular formula is C18H26N2O2. The van der Waals surface area contributed by atoms with Crippen LogP contribution < -0.4 is 0 Å². The lowest BCUT2D eigenvalue weighted by Gasteiger charge is -2.30. The number of nitrogens with one attached hydrogen (secondary N) is 1. The molecule has 0 atom stereocenters. The smallest absolute Gasteiger partial charge is 0.338 e. The van der Waals surface area contributed by atoms with Crippen LogP contribution in [0, 0.1) is 0 Å². The fourth-order valence-electron chi connectivity index (χ4n) is 3.10. The molecule has 0 aliphatic carbocycles. The van der Waals surface area contributed by atoms with Crippen LogP contribution in [0.5, 0.6) is 0 Å². The zero-order valence-corrected chi connectivity index (χ0v) is 14.1. The summed E-state index contributed by atoms with van der Waals surface area (Å²) in [7, 11) is 1.42. The molecule has 4 nitrogen and oxygen atoms in total. The van der Waals surface area contributed by atoms with Crippen LogP contribution >= 0.6 is 0 Å². The molecule has 4 heteroatoms. The minimum atomic E-state index is -0.281. The van der Waals surface area contributed by atoms with Gasteiger partial charge < -0.3 is 9.72 Å². The first kappa shape index (κ1) is 16.6. The third-order valence-electron chi connectivity index (χ3n) is 4.16.